The number of thiazole rings is 1. The molecule has 0 aliphatic carbocycles. The number of fused-ring (bicyclic) bond motifs is 1. The molecular formula is C18H16FN3O5S2. The lowest BCUT2D eigenvalue weighted by atomic mass is 10.2. The maximum absolute atomic E-state index is 13.4. The Morgan fingerprint density at radius 2 is 2.00 bits per heavy atom. The first-order valence-electron chi connectivity index (χ1n) is 8.26. The van der Waals surface area contributed by atoms with E-state index >= 15 is 0 Å². The molecule has 2 N–H and O–H groups in total. The van der Waals surface area contributed by atoms with Crippen LogP contribution in [0.5, 0.6) is 0 Å². The van der Waals surface area contributed by atoms with E-state index in [1.54, 1.807) is 4.57 Å². The molecule has 8 nitrogen and oxygen atoms in total. The molecule has 0 aliphatic rings. The van der Waals surface area contributed by atoms with Crippen molar-refractivity contribution in [3.63, 3.8) is 0 Å². The third kappa shape index (κ3) is 4.75. The van der Waals surface area contributed by atoms with Crippen molar-refractivity contribution in [2.24, 2.45) is 10.1 Å². The van der Waals surface area contributed by atoms with Crippen molar-refractivity contribution in [3.05, 3.63) is 58.6 Å². The minimum Gasteiger partial charge on any atom is -0.469 e. The first-order valence-corrected chi connectivity index (χ1v) is 10.6. The van der Waals surface area contributed by atoms with Gasteiger partial charge in [-0.3, -0.25) is 9.59 Å². The first-order chi connectivity index (χ1) is 13.7. The van der Waals surface area contributed by atoms with E-state index < -0.39 is 27.7 Å². The highest BCUT2D eigenvalue weighted by molar-refractivity contribution is 7.89. The summed E-state index contributed by atoms with van der Waals surface area (Å²) < 4.78 is 43.4. The van der Waals surface area contributed by atoms with Gasteiger partial charge in [-0.2, -0.15) is 4.99 Å². The molecule has 0 radical (unpaired) electrons. The summed E-state index contributed by atoms with van der Waals surface area (Å²) in [5.41, 5.74) is 0.629. The molecule has 0 spiro atoms. The van der Waals surface area contributed by atoms with Gasteiger partial charge in [-0.1, -0.05) is 17.4 Å². The number of aryl methyl sites for hydroxylation is 1. The number of nitrogens with two attached hydrogens (primary N) is 1. The molecule has 0 bridgehead atoms. The van der Waals surface area contributed by atoms with Crippen LogP contribution in [0.4, 0.5) is 4.39 Å². The summed E-state index contributed by atoms with van der Waals surface area (Å²) in [6, 6.07) is 9.33. The number of sulfonamides is 1. The second-order valence-corrected chi connectivity index (χ2v) is 8.53. The highest BCUT2D eigenvalue weighted by atomic mass is 32.2. The van der Waals surface area contributed by atoms with Crippen LogP contribution in [-0.2, 0) is 26.1 Å². The molecule has 0 saturated carbocycles. The number of aromatic nitrogens is 1. The monoisotopic (exact) mass is 437 g/mol. The SMILES string of the molecule is COC(=O)CCn1c(=NC(=O)c2cccc(F)c2)sc2cc(S(N)(=O)=O)ccc21. The van der Waals surface area contributed by atoms with Crippen LogP contribution in [0.15, 0.2) is 52.4 Å². The number of nitrogens with zero attached hydrogens (tertiary/aromatic N) is 2. The number of primary sulfonamides is 1. The number of hydrogen-bond acceptors (Lipinski definition) is 6. The van der Waals surface area contributed by atoms with Gasteiger partial charge >= 0.3 is 5.97 Å². The van der Waals surface area contributed by atoms with Crippen LogP contribution in [0.1, 0.15) is 16.8 Å². The molecule has 11 heteroatoms. The van der Waals surface area contributed by atoms with Crippen LogP contribution in [0.3, 0.4) is 0 Å². The number of amides is 1. The summed E-state index contributed by atoms with van der Waals surface area (Å²) in [4.78, 5) is 28.2. The zero-order chi connectivity index (χ0) is 21.2. The smallest absolute Gasteiger partial charge is 0.307 e. The van der Waals surface area contributed by atoms with Gasteiger partial charge in [-0.25, -0.2) is 17.9 Å². The summed E-state index contributed by atoms with van der Waals surface area (Å²) in [5.74, 6) is -1.70. The Morgan fingerprint density at radius 3 is 2.66 bits per heavy atom. The second kappa shape index (κ2) is 8.23. The van der Waals surface area contributed by atoms with Crippen molar-refractivity contribution < 1.29 is 27.1 Å². The molecule has 1 amide bonds. The van der Waals surface area contributed by atoms with E-state index in [4.69, 9.17) is 5.14 Å². The standard InChI is InChI=1S/C18H16FN3O5S2/c1-27-16(23)7-8-22-14-6-5-13(29(20,25)26)10-15(14)28-18(22)21-17(24)11-3-2-4-12(19)9-11/h2-6,9-10H,7-8H2,1H3,(H2,20,25,26). The Bertz CT molecular complexity index is 1280. The average Bonchev–Trinajstić information content (AvgIpc) is 3.01. The largest absolute Gasteiger partial charge is 0.469 e. The van der Waals surface area contributed by atoms with Crippen LogP contribution in [0.25, 0.3) is 10.2 Å². The molecule has 1 aromatic heterocycles. The first kappa shape index (κ1) is 20.8. The minimum absolute atomic E-state index is 0.0145. The van der Waals surface area contributed by atoms with Gasteiger partial charge in [-0.05, 0) is 36.4 Å². The second-order valence-electron chi connectivity index (χ2n) is 5.96. The molecule has 3 aromatic rings. The molecule has 0 saturated heterocycles. The van der Waals surface area contributed by atoms with Gasteiger partial charge in [0.05, 0.1) is 28.6 Å². The summed E-state index contributed by atoms with van der Waals surface area (Å²) >= 11 is 1.05. The topological polar surface area (TPSA) is 121 Å². The lowest BCUT2D eigenvalue weighted by molar-refractivity contribution is -0.140. The Balaban J connectivity index is 2.14. The molecule has 0 atom stereocenters. The van der Waals surface area contributed by atoms with Crippen LogP contribution < -0.4 is 9.94 Å². The van der Waals surface area contributed by atoms with Crippen LogP contribution >= 0.6 is 11.3 Å². The summed E-state index contributed by atoms with van der Waals surface area (Å²) in [6.45, 7) is 0.149. The zero-order valence-electron chi connectivity index (χ0n) is 15.2. The van der Waals surface area contributed by atoms with Crippen LogP contribution in [-0.4, -0.2) is 32.0 Å². The Labute approximate surface area is 169 Å². The number of ether oxygens (including phenoxy) is 1. The number of halogens is 1. The Hall–Kier alpha value is -2.89. The summed E-state index contributed by atoms with van der Waals surface area (Å²) in [5, 5.41) is 5.18. The number of carbonyl (C=O) groups excluding carboxylic acids is 2. The number of esters is 1. The molecule has 0 aliphatic heterocycles. The average molecular weight is 437 g/mol. The number of carbonyl (C=O) groups is 2. The molecule has 152 valence electrons. The third-order valence-corrected chi connectivity index (χ3v) is 5.97. The van der Waals surface area contributed by atoms with E-state index in [2.05, 4.69) is 9.73 Å². The fourth-order valence-corrected chi connectivity index (χ4v) is 4.32. The van der Waals surface area contributed by atoms with Crippen LogP contribution in [0, 0.1) is 5.82 Å². The molecular weight excluding hydrogens is 421 g/mol. The highest BCUT2D eigenvalue weighted by Gasteiger charge is 2.15. The lowest BCUT2D eigenvalue weighted by Gasteiger charge is -2.05. The summed E-state index contributed by atoms with van der Waals surface area (Å²) in [7, 11) is -2.65. The van der Waals surface area contributed by atoms with Gasteiger partial charge in [0, 0.05) is 12.1 Å². The number of methoxy groups -OCH3 is 1. The van der Waals surface area contributed by atoms with Crippen molar-refractivity contribution in [1.82, 2.24) is 4.57 Å². The van der Waals surface area contributed by atoms with Gasteiger partial charge in [-0.15, -0.1) is 0 Å². The lowest BCUT2D eigenvalue weighted by Crippen LogP contribution is -2.19. The van der Waals surface area contributed by atoms with Gasteiger partial charge < -0.3 is 9.30 Å². The van der Waals surface area contributed by atoms with E-state index in [1.165, 1.54) is 43.5 Å². The molecule has 1 heterocycles. The van der Waals surface area contributed by atoms with Crippen molar-refractivity contribution in [2.75, 3.05) is 7.11 Å². The third-order valence-electron chi connectivity index (χ3n) is 4.02. The normalized spacial score (nSPS) is 12.3. The quantitative estimate of drug-likeness (QED) is 0.610. The van der Waals surface area contributed by atoms with Gasteiger partial charge in [0.25, 0.3) is 5.91 Å². The van der Waals surface area contributed by atoms with Crippen molar-refractivity contribution in [2.45, 2.75) is 17.9 Å². The van der Waals surface area contributed by atoms with E-state index in [0.29, 0.717) is 10.2 Å². The maximum atomic E-state index is 13.4. The van der Waals surface area contributed by atoms with Crippen molar-refractivity contribution >= 4 is 43.5 Å². The maximum Gasteiger partial charge on any atom is 0.307 e. The fourth-order valence-electron chi connectivity index (χ4n) is 2.61. The molecule has 2 aromatic carbocycles. The predicted octanol–water partition coefficient (Wildman–Crippen LogP) is 1.79. The van der Waals surface area contributed by atoms with Crippen molar-refractivity contribution in [3.8, 4) is 0 Å². The van der Waals surface area contributed by atoms with Crippen LogP contribution in [0.2, 0.25) is 0 Å². The molecule has 0 unspecified atom stereocenters. The fraction of sp³-hybridized carbons (Fsp3) is 0.167. The van der Waals surface area contributed by atoms with Gasteiger partial charge in [0.1, 0.15) is 5.82 Å². The van der Waals surface area contributed by atoms with E-state index in [0.717, 1.165) is 17.4 Å². The molecule has 3 rings (SSSR count). The van der Waals surface area contributed by atoms with E-state index in [-0.39, 0.29) is 28.2 Å². The number of rotatable bonds is 5. The molecule has 0 fully saturated rings. The Kier molecular flexibility index (Phi) is 5.91. The van der Waals surface area contributed by atoms with E-state index in [9.17, 15) is 22.4 Å². The van der Waals surface area contributed by atoms with Gasteiger partial charge in [0.2, 0.25) is 10.0 Å². The van der Waals surface area contributed by atoms with Gasteiger partial charge in [0.15, 0.2) is 4.80 Å². The predicted molar refractivity (Wildman–Crippen MR) is 104 cm³/mol. The van der Waals surface area contributed by atoms with Crippen molar-refractivity contribution in [1.29, 1.82) is 0 Å². The minimum atomic E-state index is -3.91. The number of benzene rings is 2. The highest BCUT2D eigenvalue weighted by Crippen LogP contribution is 2.22. The number of hydrogen-bond donors (Lipinski definition) is 1. The zero-order valence-corrected chi connectivity index (χ0v) is 16.8. The summed E-state index contributed by atoms with van der Waals surface area (Å²) in [6.07, 6.45) is 0.0145. The van der Waals surface area contributed by atoms with E-state index in [1.807, 2.05) is 0 Å². The molecule has 29 heavy (non-hydrogen) atoms. The Morgan fingerprint density at radius 1 is 1.24 bits per heavy atom.